The zero-order chi connectivity index (χ0) is 17.5. The summed E-state index contributed by atoms with van der Waals surface area (Å²) in [4.78, 5) is 26.2. The van der Waals surface area contributed by atoms with E-state index in [0.717, 1.165) is 25.9 Å². The van der Waals surface area contributed by atoms with E-state index in [2.05, 4.69) is 10.6 Å². The summed E-state index contributed by atoms with van der Waals surface area (Å²) < 4.78 is 19.2. The molecule has 1 saturated carbocycles. The molecule has 1 aliphatic carbocycles. The molecule has 2 unspecified atom stereocenters. The fraction of sp³-hybridized carbons (Fsp3) is 0.882. The maximum absolute atomic E-state index is 13.9. The van der Waals surface area contributed by atoms with Gasteiger partial charge in [0.05, 0.1) is 6.54 Å². The van der Waals surface area contributed by atoms with Gasteiger partial charge in [-0.25, -0.2) is 9.18 Å². The molecule has 0 aromatic heterocycles. The Morgan fingerprint density at radius 2 is 2.00 bits per heavy atom. The minimum atomic E-state index is -1.18. The number of nitrogens with zero attached hydrogens (tertiary/aromatic N) is 1. The van der Waals surface area contributed by atoms with Gasteiger partial charge >= 0.3 is 6.09 Å². The van der Waals surface area contributed by atoms with Crippen LogP contribution in [0.2, 0.25) is 0 Å². The highest BCUT2D eigenvalue weighted by Crippen LogP contribution is 2.35. The van der Waals surface area contributed by atoms with Crippen LogP contribution in [0.1, 0.15) is 40.0 Å². The van der Waals surface area contributed by atoms with Gasteiger partial charge in [-0.05, 0) is 52.0 Å². The van der Waals surface area contributed by atoms with Crippen LogP contribution >= 0.6 is 0 Å². The molecule has 5 atom stereocenters. The summed E-state index contributed by atoms with van der Waals surface area (Å²) in [7, 11) is 0. The molecule has 3 rings (SSSR count). The molecule has 2 amide bonds. The van der Waals surface area contributed by atoms with Crippen molar-refractivity contribution >= 4 is 12.0 Å². The van der Waals surface area contributed by atoms with Crippen molar-refractivity contribution in [2.45, 2.75) is 63.9 Å². The number of likely N-dealkylation sites (tertiary alicyclic amines) is 1. The summed E-state index contributed by atoms with van der Waals surface area (Å²) in [5.74, 6) is 0.819. The molecule has 2 heterocycles. The van der Waals surface area contributed by atoms with Crippen LogP contribution in [-0.4, -0.2) is 60.4 Å². The lowest BCUT2D eigenvalue weighted by atomic mass is 9.97. The largest absolute Gasteiger partial charge is 0.444 e. The van der Waals surface area contributed by atoms with Gasteiger partial charge in [0.15, 0.2) is 0 Å². The van der Waals surface area contributed by atoms with Crippen molar-refractivity contribution < 1.29 is 18.7 Å². The smallest absolute Gasteiger partial charge is 0.411 e. The van der Waals surface area contributed by atoms with E-state index in [0.29, 0.717) is 11.8 Å². The van der Waals surface area contributed by atoms with Crippen LogP contribution in [0, 0.1) is 11.8 Å². The Morgan fingerprint density at radius 3 is 2.71 bits per heavy atom. The van der Waals surface area contributed by atoms with E-state index in [1.807, 2.05) is 0 Å². The first-order valence-corrected chi connectivity index (χ1v) is 8.89. The third-order valence-corrected chi connectivity index (χ3v) is 5.27. The van der Waals surface area contributed by atoms with Crippen LogP contribution in [0.5, 0.6) is 0 Å². The van der Waals surface area contributed by atoms with Crippen LogP contribution in [-0.2, 0) is 9.53 Å². The molecule has 3 fully saturated rings. The number of nitrogens with one attached hydrogen (secondary N) is 2. The van der Waals surface area contributed by atoms with Gasteiger partial charge in [0.2, 0.25) is 5.91 Å². The number of amides is 2. The van der Waals surface area contributed by atoms with Gasteiger partial charge in [0.1, 0.15) is 17.8 Å². The first-order valence-electron chi connectivity index (χ1n) is 8.89. The summed E-state index contributed by atoms with van der Waals surface area (Å²) >= 11 is 0. The van der Waals surface area contributed by atoms with E-state index in [4.69, 9.17) is 4.74 Å². The molecule has 0 aromatic rings. The molecule has 136 valence electrons. The highest BCUT2D eigenvalue weighted by atomic mass is 19.1. The SMILES string of the molecule is CC(C)(C)OC(=O)N1CC(F)CC1C(=O)N[C@H]1CC[C@@H]2CNC[C@@H]21. The number of rotatable bonds is 2. The first-order chi connectivity index (χ1) is 11.2. The topological polar surface area (TPSA) is 70.7 Å². The number of ether oxygens (including phenoxy) is 1. The maximum Gasteiger partial charge on any atom is 0.411 e. The molecule has 2 aliphatic heterocycles. The molecular formula is C17H28FN3O3. The van der Waals surface area contributed by atoms with Gasteiger partial charge in [-0.2, -0.15) is 0 Å². The molecule has 6 nitrogen and oxygen atoms in total. The number of carbonyl (C=O) groups is 2. The minimum Gasteiger partial charge on any atom is -0.444 e. The van der Waals surface area contributed by atoms with E-state index in [1.165, 1.54) is 4.90 Å². The summed E-state index contributed by atoms with van der Waals surface area (Å²) in [5, 5.41) is 6.43. The van der Waals surface area contributed by atoms with Crippen molar-refractivity contribution in [2.75, 3.05) is 19.6 Å². The van der Waals surface area contributed by atoms with E-state index in [1.54, 1.807) is 20.8 Å². The van der Waals surface area contributed by atoms with Crippen LogP contribution in [0.25, 0.3) is 0 Å². The number of halogens is 1. The van der Waals surface area contributed by atoms with E-state index >= 15 is 0 Å². The predicted molar refractivity (Wildman–Crippen MR) is 87.3 cm³/mol. The monoisotopic (exact) mass is 341 g/mol. The number of fused-ring (bicyclic) bond motifs is 1. The Kier molecular flexibility index (Phi) is 4.73. The summed E-state index contributed by atoms with van der Waals surface area (Å²) in [6.07, 6.45) is 0.312. The normalized spacial score (nSPS) is 35.8. The molecule has 0 spiro atoms. The van der Waals surface area contributed by atoms with Crippen molar-refractivity contribution in [3.63, 3.8) is 0 Å². The average Bonchev–Trinajstić information content (AvgIpc) is 3.13. The third-order valence-electron chi connectivity index (χ3n) is 5.27. The van der Waals surface area contributed by atoms with Crippen LogP contribution in [0.4, 0.5) is 9.18 Å². The minimum absolute atomic E-state index is 0.0458. The Morgan fingerprint density at radius 1 is 1.25 bits per heavy atom. The molecule has 24 heavy (non-hydrogen) atoms. The Labute approximate surface area is 142 Å². The second-order valence-electron chi connectivity index (χ2n) is 8.26. The van der Waals surface area contributed by atoms with Crippen LogP contribution in [0.3, 0.4) is 0 Å². The molecule has 2 saturated heterocycles. The van der Waals surface area contributed by atoms with E-state index in [-0.39, 0.29) is 24.9 Å². The number of hydrogen-bond acceptors (Lipinski definition) is 4. The lowest BCUT2D eigenvalue weighted by molar-refractivity contribution is -0.126. The fourth-order valence-corrected chi connectivity index (χ4v) is 4.16. The fourth-order valence-electron chi connectivity index (χ4n) is 4.16. The van der Waals surface area contributed by atoms with Gasteiger partial charge in [-0.15, -0.1) is 0 Å². The second-order valence-corrected chi connectivity index (χ2v) is 8.26. The van der Waals surface area contributed by atoms with Gasteiger partial charge in [-0.1, -0.05) is 0 Å². The quantitative estimate of drug-likeness (QED) is 0.797. The molecule has 0 radical (unpaired) electrons. The molecule has 7 heteroatoms. The predicted octanol–water partition coefficient (Wildman–Crippen LogP) is 1.45. The molecule has 0 bridgehead atoms. The number of alkyl halides is 1. The van der Waals surface area contributed by atoms with Gasteiger partial charge < -0.3 is 15.4 Å². The second kappa shape index (κ2) is 6.50. The maximum atomic E-state index is 13.9. The summed E-state index contributed by atoms with van der Waals surface area (Å²) in [6, 6.07) is -0.653. The molecular weight excluding hydrogens is 313 g/mol. The van der Waals surface area contributed by atoms with Gasteiger partial charge in [-0.3, -0.25) is 9.69 Å². The van der Waals surface area contributed by atoms with Gasteiger partial charge in [0.25, 0.3) is 0 Å². The first kappa shape index (κ1) is 17.5. The third kappa shape index (κ3) is 3.66. The zero-order valence-corrected chi connectivity index (χ0v) is 14.7. The summed E-state index contributed by atoms with van der Waals surface area (Å²) in [6.45, 7) is 7.13. The van der Waals surface area contributed by atoms with Crippen LogP contribution in [0.15, 0.2) is 0 Å². The number of hydrogen-bond donors (Lipinski definition) is 2. The lowest BCUT2D eigenvalue weighted by Gasteiger charge is -2.29. The molecule has 0 aromatic carbocycles. The lowest BCUT2D eigenvalue weighted by Crippen LogP contribution is -2.51. The summed E-state index contributed by atoms with van der Waals surface area (Å²) in [5.41, 5.74) is -0.666. The van der Waals surface area contributed by atoms with Crippen molar-refractivity contribution in [1.82, 2.24) is 15.5 Å². The highest BCUT2D eigenvalue weighted by Gasteiger charge is 2.45. The average molecular weight is 341 g/mol. The van der Waals surface area contributed by atoms with Crippen LogP contribution < -0.4 is 10.6 Å². The number of carbonyl (C=O) groups excluding carboxylic acids is 2. The van der Waals surface area contributed by atoms with E-state index in [9.17, 15) is 14.0 Å². The van der Waals surface area contributed by atoms with Gasteiger partial charge in [0, 0.05) is 19.0 Å². The molecule has 2 N–H and O–H groups in total. The Balaban J connectivity index is 1.63. The standard InChI is InChI=1S/C17H28FN3O3/c1-17(2,3)24-16(23)21-9-11(18)6-14(21)15(22)20-13-5-4-10-7-19-8-12(10)13/h10-14,19H,4-9H2,1-3H3,(H,20,22)/t10-,11?,12+,13+,14?/m1/s1. The van der Waals surface area contributed by atoms with Crippen molar-refractivity contribution in [3.8, 4) is 0 Å². The Hall–Kier alpha value is -1.37. The van der Waals surface area contributed by atoms with Crippen molar-refractivity contribution in [2.24, 2.45) is 11.8 Å². The van der Waals surface area contributed by atoms with Crippen molar-refractivity contribution in [1.29, 1.82) is 0 Å². The molecule has 3 aliphatic rings. The van der Waals surface area contributed by atoms with E-state index < -0.39 is 23.9 Å². The zero-order valence-electron chi connectivity index (χ0n) is 14.7. The highest BCUT2D eigenvalue weighted by molar-refractivity contribution is 5.86. The Bertz CT molecular complexity index is 508. The van der Waals surface area contributed by atoms with Crippen molar-refractivity contribution in [3.05, 3.63) is 0 Å².